The van der Waals surface area contributed by atoms with Crippen molar-refractivity contribution in [2.75, 3.05) is 40.0 Å². The van der Waals surface area contributed by atoms with E-state index in [-0.39, 0.29) is 5.56 Å². The molecule has 1 aliphatic heterocycles. The second kappa shape index (κ2) is 8.00. The van der Waals surface area contributed by atoms with Crippen molar-refractivity contribution < 1.29 is 19.4 Å². The Bertz CT molecular complexity index is 440. The molecule has 5 heteroatoms. The number of hydrogen-bond donors (Lipinski definition) is 1. The lowest BCUT2D eigenvalue weighted by Crippen LogP contribution is -2.32. The number of benzene rings is 1. The van der Waals surface area contributed by atoms with E-state index in [1.807, 2.05) is 0 Å². The van der Waals surface area contributed by atoms with Gasteiger partial charge in [0.05, 0.1) is 5.56 Å². The minimum absolute atomic E-state index is 0.277. The highest BCUT2D eigenvalue weighted by molar-refractivity contribution is 5.87. The Morgan fingerprint density at radius 2 is 2.00 bits per heavy atom. The van der Waals surface area contributed by atoms with Gasteiger partial charge in [-0.25, -0.2) is 4.79 Å². The molecule has 21 heavy (non-hydrogen) atoms. The summed E-state index contributed by atoms with van der Waals surface area (Å²) in [6, 6.07) is 6.51. The van der Waals surface area contributed by atoms with E-state index in [0.717, 1.165) is 45.1 Å². The molecule has 1 fully saturated rings. The van der Waals surface area contributed by atoms with E-state index >= 15 is 0 Å². The van der Waals surface area contributed by atoms with Gasteiger partial charge in [0, 0.05) is 26.3 Å². The maximum Gasteiger partial charge on any atom is 0.335 e. The highest BCUT2D eigenvalue weighted by atomic mass is 16.5. The van der Waals surface area contributed by atoms with Crippen LogP contribution in [0, 0.1) is 5.92 Å². The smallest absolute Gasteiger partial charge is 0.335 e. The molecule has 0 unspecified atom stereocenters. The molecular weight excluding hydrogens is 270 g/mol. The van der Waals surface area contributed by atoms with Crippen molar-refractivity contribution in [3.05, 3.63) is 29.8 Å². The standard InChI is InChI=1S/C16H23NO4/c1-17(12-13-6-9-20-10-7-13)8-11-21-15-4-2-14(3-5-15)16(18)19/h2-5,13H,6-12H2,1H3,(H,18,19). The molecule has 5 nitrogen and oxygen atoms in total. The second-order valence-corrected chi connectivity index (χ2v) is 5.50. The van der Waals surface area contributed by atoms with Gasteiger partial charge in [0.1, 0.15) is 12.4 Å². The molecule has 0 atom stereocenters. The Balaban J connectivity index is 1.67. The Morgan fingerprint density at radius 1 is 1.33 bits per heavy atom. The van der Waals surface area contributed by atoms with Crippen LogP contribution in [0.1, 0.15) is 23.2 Å². The Kier molecular flexibility index (Phi) is 6.02. The van der Waals surface area contributed by atoms with Crippen molar-refractivity contribution in [3.63, 3.8) is 0 Å². The van der Waals surface area contributed by atoms with Crippen molar-refractivity contribution in [1.82, 2.24) is 4.90 Å². The first-order chi connectivity index (χ1) is 10.1. The van der Waals surface area contributed by atoms with E-state index in [9.17, 15) is 4.79 Å². The van der Waals surface area contributed by atoms with Gasteiger partial charge in [0.2, 0.25) is 0 Å². The summed E-state index contributed by atoms with van der Waals surface area (Å²) < 4.78 is 11.0. The maximum atomic E-state index is 10.7. The number of ether oxygens (including phenoxy) is 2. The summed E-state index contributed by atoms with van der Waals surface area (Å²) in [5, 5.41) is 8.82. The number of carboxylic acid groups (broad SMARTS) is 1. The first-order valence-electron chi connectivity index (χ1n) is 7.37. The van der Waals surface area contributed by atoms with Gasteiger partial charge in [-0.2, -0.15) is 0 Å². The van der Waals surface area contributed by atoms with Crippen LogP contribution in [0.25, 0.3) is 0 Å². The number of nitrogens with zero attached hydrogens (tertiary/aromatic N) is 1. The predicted octanol–water partition coefficient (Wildman–Crippen LogP) is 2.12. The number of carboxylic acids is 1. The molecule has 0 aliphatic carbocycles. The number of likely N-dealkylation sites (N-methyl/N-ethyl adjacent to an activating group) is 1. The summed E-state index contributed by atoms with van der Waals surface area (Å²) in [7, 11) is 2.10. The Hall–Kier alpha value is -1.59. The van der Waals surface area contributed by atoms with Crippen LogP contribution >= 0.6 is 0 Å². The number of aromatic carboxylic acids is 1. The van der Waals surface area contributed by atoms with Crippen molar-refractivity contribution in [2.24, 2.45) is 5.92 Å². The van der Waals surface area contributed by atoms with Gasteiger partial charge in [-0.3, -0.25) is 0 Å². The first-order valence-corrected chi connectivity index (χ1v) is 7.37. The van der Waals surface area contributed by atoms with E-state index in [2.05, 4.69) is 11.9 Å². The SMILES string of the molecule is CN(CCOc1ccc(C(=O)O)cc1)CC1CCOCC1. The molecular formula is C16H23NO4. The van der Waals surface area contributed by atoms with Crippen LogP contribution in [0.3, 0.4) is 0 Å². The highest BCUT2D eigenvalue weighted by Crippen LogP contribution is 2.16. The molecule has 1 heterocycles. The summed E-state index contributed by atoms with van der Waals surface area (Å²) in [5.74, 6) is 0.510. The molecule has 116 valence electrons. The van der Waals surface area contributed by atoms with Crippen molar-refractivity contribution in [1.29, 1.82) is 0 Å². The normalized spacial score (nSPS) is 16.1. The van der Waals surface area contributed by atoms with E-state index in [1.54, 1.807) is 24.3 Å². The van der Waals surface area contributed by atoms with Crippen molar-refractivity contribution >= 4 is 5.97 Å². The third kappa shape index (κ3) is 5.36. The molecule has 0 amide bonds. The van der Waals surface area contributed by atoms with Crippen molar-refractivity contribution in [3.8, 4) is 5.75 Å². The summed E-state index contributed by atoms with van der Waals surface area (Å²) >= 11 is 0. The van der Waals surface area contributed by atoms with Gasteiger partial charge in [-0.1, -0.05) is 0 Å². The minimum Gasteiger partial charge on any atom is -0.492 e. The third-order valence-corrected chi connectivity index (χ3v) is 3.75. The molecule has 0 saturated carbocycles. The van der Waals surface area contributed by atoms with E-state index in [1.165, 1.54) is 0 Å². The molecule has 1 saturated heterocycles. The summed E-state index contributed by atoms with van der Waals surface area (Å²) in [5.41, 5.74) is 0.277. The van der Waals surface area contributed by atoms with Crippen molar-refractivity contribution in [2.45, 2.75) is 12.8 Å². The first kappa shape index (κ1) is 15.8. The fraction of sp³-hybridized carbons (Fsp3) is 0.562. The largest absolute Gasteiger partial charge is 0.492 e. The lowest BCUT2D eigenvalue weighted by atomic mass is 10.00. The minimum atomic E-state index is -0.919. The lowest BCUT2D eigenvalue weighted by molar-refractivity contribution is 0.0543. The second-order valence-electron chi connectivity index (χ2n) is 5.50. The summed E-state index contributed by atoms with van der Waals surface area (Å²) in [4.78, 5) is 13.0. The fourth-order valence-electron chi connectivity index (χ4n) is 2.47. The van der Waals surface area contributed by atoms with Crippen LogP contribution in [0.4, 0.5) is 0 Å². The monoisotopic (exact) mass is 293 g/mol. The zero-order valence-corrected chi connectivity index (χ0v) is 12.5. The molecule has 0 bridgehead atoms. The van der Waals surface area contributed by atoms with Gasteiger partial charge >= 0.3 is 5.97 Å². The number of carbonyl (C=O) groups is 1. The average molecular weight is 293 g/mol. The maximum absolute atomic E-state index is 10.7. The number of hydrogen-bond acceptors (Lipinski definition) is 4. The van der Waals surface area contributed by atoms with E-state index < -0.39 is 5.97 Å². The zero-order chi connectivity index (χ0) is 15.1. The van der Waals surface area contributed by atoms with Gasteiger partial charge in [-0.15, -0.1) is 0 Å². The van der Waals surface area contributed by atoms with Gasteiger partial charge in [-0.05, 0) is 50.1 Å². The average Bonchev–Trinajstić information content (AvgIpc) is 2.49. The quantitative estimate of drug-likeness (QED) is 0.834. The van der Waals surface area contributed by atoms with Crippen LogP contribution < -0.4 is 4.74 Å². The molecule has 1 aliphatic rings. The molecule has 2 rings (SSSR count). The summed E-state index contributed by atoms with van der Waals surface area (Å²) in [6.45, 7) is 4.30. The van der Waals surface area contributed by atoms with Gasteiger partial charge in [0.15, 0.2) is 0 Å². The highest BCUT2D eigenvalue weighted by Gasteiger charge is 2.15. The van der Waals surface area contributed by atoms with Crippen LogP contribution in [-0.2, 0) is 4.74 Å². The molecule has 0 aromatic heterocycles. The molecule has 0 radical (unpaired) electrons. The van der Waals surface area contributed by atoms with Crippen LogP contribution in [0.15, 0.2) is 24.3 Å². The lowest BCUT2D eigenvalue weighted by Gasteiger charge is -2.27. The van der Waals surface area contributed by atoms with E-state index in [0.29, 0.717) is 12.4 Å². The van der Waals surface area contributed by atoms with Gasteiger partial charge in [0.25, 0.3) is 0 Å². The topological polar surface area (TPSA) is 59.0 Å². The van der Waals surface area contributed by atoms with E-state index in [4.69, 9.17) is 14.6 Å². The Morgan fingerprint density at radius 3 is 2.62 bits per heavy atom. The molecule has 1 N–H and O–H groups in total. The van der Waals surface area contributed by atoms with Gasteiger partial charge < -0.3 is 19.5 Å². The predicted molar refractivity (Wildman–Crippen MR) is 79.9 cm³/mol. The molecule has 1 aromatic carbocycles. The summed E-state index contributed by atoms with van der Waals surface area (Å²) in [6.07, 6.45) is 2.28. The molecule has 0 spiro atoms. The zero-order valence-electron chi connectivity index (χ0n) is 12.5. The van der Waals surface area contributed by atoms with Crippen LogP contribution in [-0.4, -0.2) is 55.9 Å². The third-order valence-electron chi connectivity index (χ3n) is 3.75. The van der Waals surface area contributed by atoms with Crippen LogP contribution in [0.5, 0.6) is 5.75 Å². The van der Waals surface area contributed by atoms with Crippen LogP contribution in [0.2, 0.25) is 0 Å². The molecule has 1 aromatic rings. The number of rotatable bonds is 7. The Labute approximate surface area is 125 Å². The fourth-order valence-corrected chi connectivity index (χ4v) is 2.47.